The number of benzene rings is 1. The van der Waals surface area contributed by atoms with Gasteiger partial charge < -0.3 is 20.6 Å². The topological polar surface area (TPSA) is 98.7 Å². The summed E-state index contributed by atoms with van der Waals surface area (Å²) in [5.74, 6) is -1.63. The molecule has 7 nitrogen and oxygen atoms in total. The highest BCUT2D eigenvalue weighted by Crippen LogP contribution is 2.11. The zero-order valence-corrected chi connectivity index (χ0v) is 10.6. The molecule has 0 aromatic heterocycles. The van der Waals surface area contributed by atoms with E-state index in [0.717, 1.165) is 0 Å². The number of hydrogen-bond acceptors (Lipinski definition) is 3. The van der Waals surface area contributed by atoms with Crippen molar-refractivity contribution in [3.63, 3.8) is 0 Å². The van der Waals surface area contributed by atoms with Crippen LogP contribution in [-0.2, 0) is 4.79 Å². The lowest BCUT2D eigenvalue weighted by molar-refractivity contribution is -0.135. The fourth-order valence-electron chi connectivity index (χ4n) is 1.23. The largest absolute Gasteiger partial charge is 0.480 e. The molecule has 3 amide bonds. The molecule has 0 fully saturated rings. The van der Waals surface area contributed by atoms with E-state index >= 15 is 0 Å². The van der Waals surface area contributed by atoms with Crippen molar-refractivity contribution in [1.82, 2.24) is 10.2 Å². The average molecular weight is 265 g/mol. The number of urea groups is 1. The van der Waals surface area contributed by atoms with Gasteiger partial charge in [-0.05, 0) is 18.2 Å². The lowest BCUT2D eigenvalue weighted by atomic mass is 10.2. The highest BCUT2D eigenvalue weighted by Gasteiger charge is 2.09. The summed E-state index contributed by atoms with van der Waals surface area (Å²) in [6.07, 6.45) is 0. The normalized spacial score (nSPS) is 9.58. The molecular weight excluding hydrogens is 250 g/mol. The van der Waals surface area contributed by atoms with Crippen LogP contribution in [0.15, 0.2) is 24.3 Å². The first-order valence-corrected chi connectivity index (χ1v) is 5.48. The summed E-state index contributed by atoms with van der Waals surface area (Å²) in [6.45, 7) is -0.451. The Kier molecular flexibility index (Phi) is 4.87. The number of rotatable bonds is 4. The van der Waals surface area contributed by atoms with Crippen molar-refractivity contribution in [3.05, 3.63) is 29.8 Å². The smallest absolute Gasteiger partial charge is 0.322 e. The fourth-order valence-corrected chi connectivity index (χ4v) is 1.23. The zero-order valence-electron chi connectivity index (χ0n) is 10.6. The number of carboxylic acids is 1. The van der Waals surface area contributed by atoms with Gasteiger partial charge in [0.25, 0.3) is 5.91 Å². The van der Waals surface area contributed by atoms with Crippen LogP contribution < -0.4 is 10.6 Å². The van der Waals surface area contributed by atoms with Crippen molar-refractivity contribution in [2.24, 2.45) is 0 Å². The van der Waals surface area contributed by atoms with Crippen LogP contribution in [0.3, 0.4) is 0 Å². The first kappa shape index (κ1) is 14.5. The molecule has 1 rings (SSSR count). The van der Waals surface area contributed by atoms with Crippen LogP contribution in [0.5, 0.6) is 0 Å². The molecule has 0 saturated carbocycles. The highest BCUT2D eigenvalue weighted by atomic mass is 16.4. The standard InChI is InChI=1S/C12H15N3O4/c1-15(2)12(19)14-9-5-3-4-8(6-9)11(18)13-7-10(16)17/h3-6H,7H2,1-2H3,(H,13,18)(H,14,19)(H,16,17). The van der Waals surface area contributed by atoms with E-state index in [-0.39, 0.29) is 11.6 Å². The van der Waals surface area contributed by atoms with Crippen molar-refractivity contribution in [1.29, 1.82) is 0 Å². The van der Waals surface area contributed by atoms with Crippen LogP contribution in [0, 0.1) is 0 Å². The number of nitrogens with zero attached hydrogens (tertiary/aromatic N) is 1. The van der Waals surface area contributed by atoms with Gasteiger partial charge in [0.05, 0.1) is 0 Å². The predicted octanol–water partition coefficient (Wildman–Crippen LogP) is 0.594. The third-order valence-electron chi connectivity index (χ3n) is 2.18. The number of aliphatic carboxylic acids is 1. The predicted molar refractivity (Wildman–Crippen MR) is 69.1 cm³/mol. The maximum absolute atomic E-state index is 11.6. The summed E-state index contributed by atoms with van der Waals surface area (Å²) < 4.78 is 0. The van der Waals surface area contributed by atoms with Gasteiger partial charge in [-0.3, -0.25) is 9.59 Å². The molecule has 0 aliphatic rings. The number of carbonyl (C=O) groups excluding carboxylic acids is 2. The van der Waals surface area contributed by atoms with Gasteiger partial charge in [-0.15, -0.1) is 0 Å². The Labute approximate surface area is 110 Å². The lowest BCUT2D eigenvalue weighted by Gasteiger charge is -2.12. The minimum absolute atomic E-state index is 0.276. The van der Waals surface area contributed by atoms with E-state index < -0.39 is 18.4 Å². The molecule has 1 aromatic rings. The molecule has 0 spiro atoms. The van der Waals surface area contributed by atoms with Gasteiger partial charge >= 0.3 is 12.0 Å². The van der Waals surface area contributed by atoms with Crippen LogP contribution >= 0.6 is 0 Å². The van der Waals surface area contributed by atoms with Crippen molar-refractivity contribution in [3.8, 4) is 0 Å². The maximum atomic E-state index is 11.6. The molecular formula is C12H15N3O4. The van der Waals surface area contributed by atoms with Gasteiger partial charge in [-0.25, -0.2) is 4.79 Å². The Balaban J connectivity index is 2.74. The number of carbonyl (C=O) groups is 3. The van der Waals surface area contributed by atoms with E-state index in [9.17, 15) is 14.4 Å². The second kappa shape index (κ2) is 6.39. The second-order valence-electron chi connectivity index (χ2n) is 3.98. The Morgan fingerprint density at radius 2 is 1.95 bits per heavy atom. The van der Waals surface area contributed by atoms with Crippen molar-refractivity contribution < 1.29 is 19.5 Å². The van der Waals surface area contributed by atoms with E-state index in [4.69, 9.17) is 5.11 Å². The molecule has 0 heterocycles. The molecule has 0 aliphatic carbocycles. The van der Waals surface area contributed by atoms with E-state index in [1.165, 1.54) is 17.0 Å². The summed E-state index contributed by atoms with van der Waals surface area (Å²) in [6, 6.07) is 5.92. The number of nitrogens with one attached hydrogen (secondary N) is 2. The van der Waals surface area contributed by atoms with Gasteiger partial charge in [0.15, 0.2) is 0 Å². The van der Waals surface area contributed by atoms with Crippen molar-refractivity contribution in [2.75, 3.05) is 26.0 Å². The minimum atomic E-state index is -1.12. The zero-order chi connectivity index (χ0) is 14.4. The minimum Gasteiger partial charge on any atom is -0.480 e. The summed E-state index contributed by atoms with van der Waals surface area (Å²) in [5, 5.41) is 13.3. The van der Waals surface area contributed by atoms with Crippen molar-refractivity contribution in [2.45, 2.75) is 0 Å². The Morgan fingerprint density at radius 1 is 1.26 bits per heavy atom. The first-order valence-electron chi connectivity index (χ1n) is 5.48. The Morgan fingerprint density at radius 3 is 2.53 bits per heavy atom. The molecule has 1 aromatic carbocycles. The van der Waals surface area contributed by atoms with Crippen LogP contribution in [0.25, 0.3) is 0 Å². The number of carboxylic acid groups (broad SMARTS) is 1. The summed E-state index contributed by atoms with van der Waals surface area (Å²) in [7, 11) is 3.19. The number of anilines is 1. The van der Waals surface area contributed by atoms with Gasteiger partial charge in [-0.2, -0.15) is 0 Å². The fraction of sp³-hybridized carbons (Fsp3) is 0.250. The van der Waals surface area contributed by atoms with Crippen LogP contribution in [-0.4, -0.2) is 48.6 Å². The first-order chi connectivity index (χ1) is 8.90. The summed E-state index contributed by atoms with van der Waals surface area (Å²) >= 11 is 0. The molecule has 0 atom stereocenters. The molecule has 0 aliphatic heterocycles. The monoisotopic (exact) mass is 265 g/mol. The van der Waals surface area contributed by atoms with E-state index in [1.54, 1.807) is 26.2 Å². The lowest BCUT2D eigenvalue weighted by Crippen LogP contribution is -2.29. The van der Waals surface area contributed by atoms with Crippen molar-refractivity contribution >= 4 is 23.6 Å². The van der Waals surface area contributed by atoms with E-state index in [2.05, 4.69) is 10.6 Å². The van der Waals surface area contributed by atoms with Crippen LogP contribution in [0.4, 0.5) is 10.5 Å². The average Bonchev–Trinajstić information content (AvgIpc) is 2.36. The number of amides is 3. The van der Waals surface area contributed by atoms with Gasteiger partial charge in [0.1, 0.15) is 6.54 Å². The molecule has 0 saturated heterocycles. The molecule has 102 valence electrons. The molecule has 19 heavy (non-hydrogen) atoms. The summed E-state index contributed by atoms with van der Waals surface area (Å²) in [4.78, 5) is 34.8. The SMILES string of the molecule is CN(C)C(=O)Nc1cccc(C(=O)NCC(=O)O)c1. The van der Waals surface area contributed by atoms with Gasteiger partial charge in [0, 0.05) is 25.3 Å². The van der Waals surface area contributed by atoms with Crippen LogP contribution in [0.2, 0.25) is 0 Å². The maximum Gasteiger partial charge on any atom is 0.322 e. The second-order valence-corrected chi connectivity index (χ2v) is 3.98. The van der Waals surface area contributed by atoms with Crippen LogP contribution in [0.1, 0.15) is 10.4 Å². The van der Waals surface area contributed by atoms with Gasteiger partial charge in [-0.1, -0.05) is 6.07 Å². The summed E-state index contributed by atoms with van der Waals surface area (Å²) in [5.41, 5.74) is 0.736. The van der Waals surface area contributed by atoms with Gasteiger partial charge in [0.2, 0.25) is 0 Å². The molecule has 0 bridgehead atoms. The highest BCUT2D eigenvalue weighted by molar-refractivity contribution is 5.97. The molecule has 3 N–H and O–H groups in total. The third kappa shape index (κ3) is 4.66. The van der Waals surface area contributed by atoms with E-state index in [0.29, 0.717) is 5.69 Å². The molecule has 0 unspecified atom stereocenters. The Bertz CT molecular complexity index is 500. The molecule has 7 heteroatoms. The molecule has 0 radical (unpaired) electrons. The quantitative estimate of drug-likeness (QED) is 0.742. The van der Waals surface area contributed by atoms with E-state index in [1.807, 2.05) is 0 Å². The Hall–Kier alpha value is -2.57. The third-order valence-corrected chi connectivity index (χ3v) is 2.18. The number of hydrogen-bond donors (Lipinski definition) is 3.